The molecule has 0 aliphatic rings. The van der Waals surface area contributed by atoms with Crippen molar-refractivity contribution < 1.29 is 0 Å². The molecule has 0 aliphatic carbocycles. The van der Waals surface area contributed by atoms with Crippen molar-refractivity contribution in [2.24, 2.45) is 0 Å². The summed E-state index contributed by atoms with van der Waals surface area (Å²) in [6.45, 7) is 5.24. The Balaban J connectivity index is 2.61. The summed E-state index contributed by atoms with van der Waals surface area (Å²) in [5.74, 6) is 0. The predicted octanol–water partition coefficient (Wildman–Crippen LogP) is 2.49. The largest absolute Gasteiger partial charge is 0.377 e. The minimum Gasteiger partial charge on any atom is -0.377 e. The van der Waals surface area contributed by atoms with Crippen LogP contribution in [0.25, 0.3) is 0 Å². The molecule has 0 atom stereocenters. The van der Waals surface area contributed by atoms with Crippen molar-refractivity contribution >= 4 is 16.3 Å². The van der Waals surface area contributed by atoms with E-state index in [1.165, 1.54) is 9.88 Å². The van der Waals surface area contributed by atoms with Crippen LogP contribution in [0.1, 0.15) is 11.8 Å². The molecule has 0 unspecified atom stereocenters. The topological polar surface area (TPSA) is 12.0 Å². The van der Waals surface area contributed by atoms with Crippen molar-refractivity contribution in [2.75, 3.05) is 11.9 Å². The summed E-state index contributed by atoms with van der Waals surface area (Å²) < 4.78 is 0. The van der Waals surface area contributed by atoms with Crippen molar-refractivity contribution in [3.05, 3.63) is 17.0 Å². The Labute approximate surface area is 59.7 Å². The molecule has 1 rings (SSSR count). The number of anilines is 1. The molecule has 0 radical (unpaired) electrons. The Morgan fingerprint density at radius 1 is 1.56 bits per heavy atom. The van der Waals surface area contributed by atoms with Crippen LogP contribution >= 0.6 is 11.3 Å². The highest BCUT2D eigenvalue weighted by Gasteiger charge is 1.90. The third-order valence-corrected chi connectivity index (χ3v) is 2.05. The van der Waals surface area contributed by atoms with E-state index >= 15 is 0 Å². The van der Waals surface area contributed by atoms with E-state index in [2.05, 4.69) is 31.3 Å². The maximum atomic E-state index is 3.25. The van der Waals surface area contributed by atoms with Crippen molar-refractivity contribution in [1.29, 1.82) is 0 Å². The Morgan fingerprint density at radius 2 is 2.33 bits per heavy atom. The number of nitrogens with one attached hydrogen (secondary N) is 1. The predicted molar refractivity (Wildman–Crippen MR) is 43.2 cm³/mol. The lowest BCUT2D eigenvalue weighted by molar-refractivity contribution is 1.23. The molecule has 0 aliphatic heterocycles. The first-order valence-electron chi connectivity index (χ1n) is 3.13. The first kappa shape index (κ1) is 6.62. The van der Waals surface area contributed by atoms with Crippen LogP contribution in [0.5, 0.6) is 0 Å². The van der Waals surface area contributed by atoms with Gasteiger partial charge in [0.25, 0.3) is 0 Å². The summed E-state index contributed by atoms with van der Waals surface area (Å²) in [6, 6.07) is 4.24. The Hall–Kier alpha value is -0.500. The molecule has 1 aromatic rings. The van der Waals surface area contributed by atoms with Crippen LogP contribution in [-0.4, -0.2) is 6.54 Å². The molecule has 1 heterocycles. The molecule has 0 amide bonds. The molecule has 1 aromatic heterocycles. The van der Waals surface area contributed by atoms with Gasteiger partial charge in [-0.3, -0.25) is 0 Å². The molecule has 0 spiro atoms. The van der Waals surface area contributed by atoms with E-state index in [-0.39, 0.29) is 0 Å². The zero-order valence-corrected chi connectivity index (χ0v) is 6.59. The molecule has 0 fully saturated rings. The van der Waals surface area contributed by atoms with Crippen LogP contribution in [0.2, 0.25) is 0 Å². The second-order valence-corrected chi connectivity index (χ2v) is 3.23. The van der Waals surface area contributed by atoms with Crippen LogP contribution in [0.4, 0.5) is 5.00 Å². The summed E-state index contributed by atoms with van der Waals surface area (Å²) in [5, 5.41) is 4.52. The zero-order chi connectivity index (χ0) is 6.69. The second-order valence-electron chi connectivity index (χ2n) is 1.94. The lowest BCUT2D eigenvalue weighted by Gasteiger charge is -1.93. The van der Waals surface area contributed by atoms with Gasteiger partial charge in [0.1, 0.15) is 0 Å². The van der Waals surface area contributed by atoms with Gasteiger partial charge in [0.05, 0.1) is 5.00 Å². The minimum absolute atomic E-state index is 1.01. The lowest BCUT2D eigenvalue weighted by atomic mass is 10.5. The fraction of sp³-hybridized carbons (Fsp3) is 0.429. The van der Waals surface area contributed by atoms with E-state index in [4.69, 9.17) is 0 Å². The highest BCUT2D eigenvalue weighted by atomic mass is 32.1. The Kier molecular flexibility index (Phi) is 2.11. The van der Waals surface area contributed by atoms with E-state index in [9.17, 15) is 0 Å². The number of rotatable bonds is 2. The van der Waals surface area contributed by atoms with Crippen molar-refractivity contribution in [2.45, 2.75) is 13.8 Å². The van der Waals surface area contributed by atoms with Crippen LogP contribution in [0.3, 0.4) is 0 Å². The number of hydrogen-bond donors (Lipinski definition) is 1. The fourth-order valence-corrected chi connectivity index (χ4v) is 1.54. The molecule has 0 aromatic carbocycles. The van der Waals surface area contributed by atoms with Crippen LogP contribution in [-0.2, 0) is 0 Å². The number of hydrogen-bond acceptors (Lipinski definition) is 2. The van der Waals surface area contributed by atoms with Crippen LogP contribution < -0.4 is 5.32 Å². The average Bonchev–Trinajstić information content (AvgIpc) is 2.17. The molecule has 50 valence electrons. The van der Waals surface area contributed by atoms with Gasteiger partial charge in [-0.1, -0.05) is 0 Å². The monoisotopic (exact) mass is 141 g/mol. The van der Waals surface area contributed by atoms with Gasteiger partial charge in [-0.2, -0.15) is 0 Å². The van der Waals surface area contributed by atoms with Gasteiger partial charge in [-0.05, 0) is 26.0 Å². The first-order valence-corrected chi connectivity index (χ1v) is 3.95. The summed E-state index contributed by atoms with van der Waals surface area (Å²) in [6.07, 6.45) is 0. The molecule has 0 saturated heterocycles. The Morgan fingerprint density at radius 3 is 2.78 bits per heavy atom. The van der Waals surface area contributed by atoms with Crippen molar-refractivity contribution in [3.8, 4) is 0 Å². The lowest BCUT2D eigenvalue weighted by Crippen LogP contribution is -1.91. The van der Waals surface area contributed by atoms with Gasteiger partial charge in [0, 0.05) is 11.4 Å². The molecule has 1 N–H and O–H groups in total. The van der Waals surface area contributed by atoms with E-state index in [1.807, 2.05) is 0 Å². The third-order valence-electron chi connectivity index (χ3n) is 1.09. The van der Waals surface area contributed by atoms with E-state index in [0.717, 1.165) is 6.54 Å². The van der Waals surface area contributed by atoms with E-state index in [0.29, 0.717) is 0 Å². The summed E-state index contributed by atoms with van der Waals surface area (Å²) in [7, 11) is 0. The number of thiophene rings is 1. The molecule has 0 bridgehead atoms. The van der Waals surface area contributed by atoms with Gasteiger partial charge in [0.2, 0.25) is 0 Å². The molecular formula is C7H11NS. The highest BCUT2D eigenvalue weighted by molar-refractivity contribution is 7.16. The van der Waals surface area contributed by atoms with E-state index < -0.39 is 0 Å². The van der Waals surface area contributed by atoms with Crippen molar-refractivity contribution in [1.82, 2.24) is 0 Å². The van der Waals surface area contributed by atoms with Gasteiger partial charge < -0.3 is 5.32 Å². The molecule has 9 heavy (non-hydrogen) atoms. The fourth-order valence-electron chi connectivity index (χ4n) is 0.704. The van der Waals surface area contributed by atoms with Gasteiger partial charge >= 0.3 is 0 Å². The summed E-state index contributed by atoms with van der Waals surface area (Å²) in [4.78, 5) is 1.37. The quantitative estimate of drug-likeness (QED) is 0.667. The zero-order valence-electron chi connectivity index (χ0n) is 5.77. The molecular weight excluding hydrogens is 130 g/mol. The third kappa shape index (κ3) is 1.72. The SMILES string of the molecule is CCNc1ccc(C)s1. The van der Waals surface area contributed by atoms with Crippen LogP contribution in [0, 0.1) is 6.92 Å². The van der Waals surface area contributed by atoms with Crippen molar-refractivity contribution in [3.63, 3.8) is 0 Å². The maximum Gasteiger partial charge on any atom is 0.0885 e. The highest BCUT2D eigenvalue weighted by Crippen LogP contribution is 2.19. The standard InChI is InChI=1S/C7H11NS/c1-3-8-7-5-4-6(2)9-7/h4-5,8H,3H2,1-2H3. The molecule has 2 heteroatoms. The number of aryl methyl sites for hydroxylation is 1. The van der Waals surface area contributed by atoms with Gasteiger partial charge in [0.15, 0.2) is 0 Å². The molecule has 1 nitrogen and oxygen atoms in total. The normalized spacial score (nSPS) is 9.56. The average molecular weight is 141 g/mol. The summed E-state index contributed by atoms with van der Waals surface area (Å²) in [5.41, 5.74) is 0. The van der Waals surface area contributed by atoms with Gasteiger partial charge in [-0.25, -0.2) is 0 Å². The van der Waals surface area contributed by atoms with Crippen LogP contribution in [0.15, 0.2) is 12.1 Å². The Bertz CT molecular complexity index is 181. The first-order chi connectivity index (χ1) is 4.33. The molecule has 0 saturated carbocycles. The smallest absolute Gasteiger partial charge is 0.0885 e. The van der Waals surface area contributed by atoms with E-state index in [1.54, 1.807) is 11.3 Å². The minimum atomic E-state index is 1.01. The van der Waals surface area contributed by atoms with Gasteiger partial charge in [-0.15, -0.1) is 11.3 Å². The maximum absolute atomic E-state index is 3.25. The second kappa shape index (κ2) is 2.87. The summed E-state index contributed by atoms with van der Waals surface area (Å²) >= 11 is 1.80.